The highest BCUT2D eigenvalue weighted by molar-refractivity contribution is 5.85. The summed E-state index contributed by atoms with van der Waals surface area (Å²) in [6.45, 7) is 3.67. The van der Waals surface area contributed by atoms with Crippen LogP contribution in [-0.4, -0.2) is 55.5 Å². The van der Waals surface area contributed by atoms with Crippen molar-refractivity contribution in [3.05, 3.63) is 35.8 Å². The monoisotopic (exact) mass is 361 g/mol. The van der Waals surface area contributed by atoms with Crippen LogP contribution in [0.3, 0.4) is 0 Å². The second-order valence-electron chi connectivity index (χ2n) is 6.41. The Kier molecular flexibility index (Phi) is 7.44. The molecule has 2 aromatic rings. The summed E-state index contributed by atoms with van der Waals surface area (Å²) in [5, 5.41) is 7.39. The minimum atomic E-state index is -0.239. The van der Waals surface area contributed by atoms with Gasteiger partial charge in [-0.05, 0) is 36.6 Å². The molecular formula is C19H28FN5O. The summed E-state index contributed by atoms with van der Waals surface area (Å²) < 4.78 is 13.5. The lowest BCUT2D eigenvalue weighted by Gasteiger charge is -2.13. The average Bonchev–Trinajstić information content (AvgIpc) is 3.01. The molecule has 0 unspecified atom stereocenters. The molecule has 0 spiro atoms. The molecule has 1 heterocycles. The molecule has 0 radical (unpaired) electrons. The number of likely N-dealkylation sites (N-methyl/N-ethyl adjacent to an activating group) is 1. The first-order chi connectivity index (χ1) is 12.5. The Morgan fingerprint density at radius 3 is 2.77 bits per heavy atom. The van der Waals surface area contributed by atoms with Crippen molar-refractivity contribution in [3.8, 4) is 0 Å². The molecule has 1 amide bonds. The number of nitrogens with one attached hydrogen (secondary N) is 3. The van der Waals surface area contributed by atoms with Crippen LogP contribution in [0.1, 0.15) is 25.3 Å². The van der Waals surface area contributed by atoms with Gasteiger partial charge in [-0.3, -0.25) is 4.79 Å². The quantitative estimate of drug-likeness (QED) is 0.384. The van der Waals surface area contributed by atoms with Crippen LogP contribution in [0.25, 0.3) is 10.9 Å². The zero-order chi connectivity index (χ0) is 18.9. The Morgan fingerprint density at radius 1 is 1.27 bits per heavy atom. The Morgan fingerprint density at radius 2 is 2.04 bits per heavy atom. The first-order valence-electron chi connectivity index (χ1n) is 8.99. The second-order valence-corrected chi connectivity index (χ2v) is 6.41. The van der Waals surface area contributed by atoms with Gasteiger partial charge in [-0.25, -0.2) is 9.38 Å². The molecule has 1 aromatic carbocycles. The molecule has 0 aliphatic rings. The van der Waals surface area contributed by atoms with Gasteiger partial charge in [-0.1, -0.05) is 13.3 Å². The lowest BCUT2D eigenvalue weighted by Crippen LogP contribution is -2.39. The number of amides is 1. The molecule has 0 saturated carbocycles. The maximum atomic E-state index is 13.5. The predicted octanol–water partition coefficient (Wildman–Crippen LogP) is 2.27. The maximum absolute atomic E-state index is 13.5. The molecule has 1 aromatic heterocycles. The van der Waals surface area contributed by atoms with Crippen LogP contribution >= 0.6 is 0 Å². The lowest BCUT2D eigenvalue weighted by molar-refractivity contribution is -0.127. The van der Waals surface area contributed by atoms with E-state index in [1.54, 1.807) is 26.2 Å². The molecule has 0 aliphatic carbocycles. The van der Waals surface area contributed by atoms with E-state index in [1.165, 1.54) is 11.0 Å². The van der Waals surface area contributed by atoms with Gasteiger partial charge >= 0.3 is 0 Å². The first-order valence-corrected chi connectivity index (χ1v) is 8.99. The zero-order valence-corrected chi connectivity index (χ0v) is 15.7. The van der Waals surface area contributed by atoms with E-state index in [2.05, 4.69) is 27.5 Å². The van der Waals surface area contributed by atoms with Gasteiger partial charge in [0.25, 0.3) is 0 Å². The fraction of sp³-hybridized carbons (Fsp3) is 0.474. The van der Waals surface area contributed by atoms with Crippen LogP contribution in [0.4, 0.5) is 4.39 Å². The molecule has 0 atom stereocenters. The highest BCUT2D eigenvalue weighted by atomic mass is 19.1. The smallest absolute Gasteiger partial charge is 0.243 e. The standard InChI is InChI=1S/C19H28FN5O/c1-4-5-9-21-19(24-13-18(26)25(2)3)22-10-8-14-12-23-17-7-6-15(20)11-16(14)17/h6-7,11-12,23H,4-5,8-10,13H2,1-3H3,(H2,21,22,24). The molecule has 0 bridgehead atoms. The largest absolute Gasteiger partial charge is 0.361 e. The van der Waals surface area contributed by atoms with E-state index < -0.39 is 0 Å². The number of hydrogen-bond acceptors (Lipinski definition) is 2. The summed E-state index contributed by atoms with van der Waals surface area (Å²) in [5.74, 6) is 0.338. The van der Waals surface area contributed by atoms with Crippen LogP contribution in [-0.2, 0) is 11.2 Å². The number of hydrogen-bond donors (Lipinski definition) is 3. The number of guanidine groups is 1. The van der Waals surface area contributed by atoms with Gasteiger partial charge in [-0.15, -0.1) is 0 Å². The third-order valence-corrected chi connectivity index (χ3v) is 4.11. The highest BCUT2D eigenvalue weighted by Crippen LogP contribution is 2.19. The number of carbonyl (C=O) groups excluding carboxylic acids is 1. The predicted molar refractivity (Wildman–Crippen MR) is 104 cm³/mol. The maximum Gasteiger partial charge on any atom is 0.243 e. The minimum absolute atomic E-state index is 0.0475. The summed E-state index contributed by atoms with van der Waals surface area (Å²) in [7, 11) is 3.43. The van der Waals surface area contributed by atoms with Gasteiger partial charge in [0.2, 0.25) is 5.91 Å². The van der Waals surface area contributed by atoms with Crippen molar-refractivity contribution in [1.29, 1.82) is 0 Å². The number of aromatic nitrogens is 1. The summed E-state index contributed by atoms with van der Waals surface area (Å²) in [6.07, 6.45) is 4.74. The van der Waals surface area contributed by atoms with Crippen LogP contribution in [0.15, 0.2) is 29.4 Å². The SMILES string of the molecule is CCCCNC(=NCC(=O)N(C)C)NCCc1c[nH]c2ccc(F)cc12. The molecule has 7 heteroatoms. The number of aromatic amines is 1. The zero-order valence-electron chi connectivity index (χ0n) is 15.7. The van der Waals surface area contributed by atoms with E-state index in [1.807, 2.05) is 6.20 Å². The van der Waals surface area contributed by atoms with Gasteiger partial charge in [0.15, 0.2) is 5.96 Å². The first kappa shape index (κ1) is 19.8. The van der Waals surface area contributed by atoms with E-state index in [4.69, 9.17) is 0 Å². The number of benzene rings is 1. The van der Waals surface area contributed by atoms with Crippen molar-refractivity contribution < 1.29 is 9.18 Å². The Labute approximate surface area is 153 Å². The molecule has 26 heavy (non-hydrogen) atoms. The van der Waals surface area contributed by atoms with Crippen molar-refractivity contribution in [1.82, 2.24) is 20.5 Å². The molecule has 0 fully saturated rings. The van der Waals surface area contributed by atoms with E-state index in [9.17, 15) is 9.18 Å². The van der Waals surface area contributed by atoms with Gasteiger partial charge in [0.1, 0.15) is 12.4 Å². The molecular weight excluding hydrogens is 333 g/mol. The summed E-state index contributed by atoms with van der Waals surface area (Å²) in [4.78, 5) is 20.8. The number of fused-ring (bicyclic) bond motifs is 1. The number of carbonyl (C=O) groups is 1. The van der Waals surface area contributed by atoms with E-state index in [0.29, 0.717) is 12.5 Å². The third-order valence-electron chi connectivity index (χ3n) is 4.11. The number of halogens is 1. The summed E-state index contributed by atoms with van der Waals surface area (Å²) in [5.41, 5.74) is 1.97. The van der Waals surface area contributed by atoms with E-state index >= 15 is 0 Å². The van der Waals surface area contributed by atoms with E-state index in [0.717, 1.165) is 42.3 Å². The molecule has 3 N–H and O–H groups in total. The summed E-state index contributed by atoms with van der Waals surface area (Å²) in [6, 6.07) is 4.74. The number of rotatable bonds is 8. The normalized spacial score (nSPS) is 11.6. The number of H-pyrrole nitrogens is 1. The Bertz CT molecular complexity index is 753. The fourth-order valence-corrected chi connectivity index (χ4v) is 2.52. The number of unbranched alkanes of at least 4 members (excludes halogenated alkanes) is 1. The average molecular weight is 361 g/mol. The van der Waals surface area contributed by atoms with Gasteiger partial charge in [0.05, 0.1) is 0 Å². The van der Waals surface area contributed by atoms with Gasteiger partial charge < -0.3 is 20.5 Å². The van der Waals surface area contributed by atoms with Crippen molar-refractivity contribution in [2.75, 3.05) is 33.7 Å². The molecule has 142 valence electrons. The van der Waals surface area contributed by atoms with Gasteiger partial charge in [-0.2, -0.15) is 0 Å². The third kappa shape index (κ3) is 5.75. The van der Waals surface area contributed by atoms with Crippen molar-refractivity contribution in [3.63, 3.8) is 0 Å². The lowest BCUT2D eigenvalue weighted by atomic mass is 10.1. The molecule has 0 saturated heterocycles. The Hall–Kier alpha value is -2.57. The van der Waals surface area contributed by atoms with Crippen LogP contribution in [0.2, 0.25) is 0 Å². The van der Waals surface area contributed by atoms with Crippen LogP contribution < -0.4 is 10.6 Å². The van der Waals surface area contributed by atoms with Crippen molar-refractivity contribution in [2.45, 2.75) is 26.2 Å². The van der Waals surface area contributed by atoms with E-state index in [-0.39, 0.29) is 18.3 Å². The highest BCUT2D eigenvalue weighted by Gasteiger charge is 2.07. The fourth-order valence-electron chi connectivity index (χ4n) is 2.52. The van der Waals surface area contributed by atoms with Crippen LogP contribution in [0, 0.1) is 5.82 Å². The van der Waals surface area contributed by atoms with Crippen molar-refractivity contribution >= 4 is 22.8 Å². The molecule has 0 aliphatic heterocycles. The second kappa shape index (κ2) is 9.79. The summed E-state index contributed by atoms with van der Waals surface area (Å²) >= 11 is 0. The number of nitrogens with zero attached hydrogens (tertiary/aromatic N) is 2. The minimum Gasteiger partial charge on any atom is -0.361 e. The van der Waals surface area contributed by atoms with Crippen molar-refractivity contribution in [2.24, 2.45) is 4.99 Å². The molecule has 2 rings (SSSR count). The topological polar surface area (TPSA) is 72.5 Å². The Balaban J connectivity index is 1.95. The number of aliphatic imine (C=N–C) groups is 1. The van der Waals surface area contributed by atoms with Crippen LogP contribution in [0.5, 0.6) is 0 Å². The molecule has 6 nitrogen and oxygen atoms in total. The van der Waals surface area contributed by atoms with Gasteiger partial charge in [0, 0.05) is 44.3 Å².